The SMILES string of the molecule is COc1ccc(N2C(=O)CN(Cc3ccccc3F)C3CS(=O)(=O)CC32)cc1Cl. The normalized spacial score (nSPS) is 23.8. The predicted molar refractivity (Wildman–Crippen MR) is 109 cm³/mol. The van der Waals surface area contributed by atoms with E-state index in [9.17, 15) is 17.6 Å². The van der Waals surface area contributed by atoms with Crippen LogP contribution < -0.4 is 9.64 Å². The fourth-order valence-corrected chi connectivity index (χ4v) is 6.35. The average molecular weight is 439 g/mol. The summed E-state index contributed by atoms with van der Waals surface area (Å²) in [5.41, 5.74) is 0.961. The summed E-state index contributed by atoms with van der Waals surface area (Å²) >= 11 is 6.22. The minimum atomic E-state index is -3.34. The Morgan fingerprint density at radius 3 is 2.59 bits per heavy atom. The van der Waals surface area contributed by atoms with E-state index in [0.717, 1.165) is 0 Å². The molecule has 4 rings (SSSR count). The number of benzene rings is 2. The van der Waals surface area contributed by atoms with Gasteiger partial charge in [0.15, 0.2) is 9.84 Å². The number of hydrogen-bond donors (Lipinski definition) is 0. The van der Waals surface area contributed by atoms with Crippen LogP contribution in [0.2, 0.25) is 5.02 Å². The highest BCUT2D eigenvalue weighted by atomic mass is 35.5. The number of halogens is 2. The first kappa shape index (κ1) is 20.1. The predicted octanol–water partition coefficient (Wildman–Crippen LogP) is 2.50. The minimum absolute atomic E-state index is 0.00529. The van der Waals surface area contributed by atoms with E-state index in [-0.39, 0.29) is 36.3 Å². The Bertz CT molecular complexity index is 1060. The first-order valence-electron chi connectivity index (χ1n) is 9.12. The van der Waals surface area contributed by atoms with E-state index in [1.807, 2.05) is 0 Å². The van der Waals surface area contributed by atoms with Gasteiger partial charge in [-0.15, -0.1) is 0 Å². The van der Waals surface area contributed by atoms with Gasteiger partial charge in [0, 0.05) is 23.8 Å². The third kappa shape index (κ3) is 3.84. The van der Waals surface area contributed by atoms with Crippen LogP contribution >= 0.6 is 11.6 Å². The minimum Gasteiger partial charge on any atom is -0.495 e. The van der Waals surface area contributed by atoms with E-state index in [1.54, 1.807) is 41.3 Å². The lowest BCUT2D eigenvalue weighted by Crippen LogP contribution is -2.61. The summed E-state index contributed by atoms with van der Waals surface area (Å²) in [4.78, 5) is 16.3. The number of carbonyl (C=O) groups excluding carboxylic acids is 1. The Morgan fingerprint density at radius 1 is 1.17 bits per heavy atom. The fourth-order valence-electron chi connectivity index (χ4n) is 4.12. The molecule has 2 atom stereocenters. The molecular weight excluding hydrogens is 419 g/mol. The van der Waals surface area contributed by atoms with Crippen molar-refractivity contribution in [3.8, 4) is 5.75 Å². The van der Waals surface area contributed by atoms with Crippen LogP contribution in [-0.2, 0) is 21.2 Å². The van der Waals surface area contributed by atoms with Crippen molar-refractivity contribution in [1.82, 2.24) is 4.90 Å². The van der Waals surface area contributed by atoms with Gasteiger partial charge in [0.05, 0.1) is 36.2 Å². The molecule has 2 aromatic rings. The molecule has 2 unspecified atom stereocenters. The molecule has 154 valence electrons. The summed E-state index contributed by atoms with van der Waals surface area (Å²) < 4.78 is 44.1. The molecule has 0 N–H and O–H groups in total. The second-order valence-electron chi connectivity index (χ2n) is 7.29. The van der Waals surface area contributed by atoms with Gasteiger partial charge < -0.3 is 9.64 Å². The zero-order valence-electron chi connectivity index (χ0n) is 15.7. The van der Waals surface area contributed by atoms with Crippen LogP contribution in [0.25, 0.3) is 0 Å². The van der Waals surface area contributed by atoms with E-state index < -0.39 is 21.9 Å². The van der Waals surface area contributed by atoms with Crippen LogP contribution in [-0.4, -0.2) is 56.5 Å². The van der Waals surface area contributed by atoms with Gasteiger partial charge in [-0.1, -0.05) is 29.8 Å². The van der Waals surface area contributed by atoms with Crippen molar-refractivity contribution < 1.29 is 22.3 Å². The van der Waals surface area contributed by atoms with Crippen molar-refractivity contribution in [2.75, 3.05) is 30.1 Å². The summed E-state index contributed by atoms with van der Waals surface area (Å²) in [7, 11) is -1.85. The number of methoxy groups -OCH3 is 1. The highest BCUT2D eigenvalue weighted by Crippen LogP contribution is 2.36. The van der Waals surface area contributed by atoms with Gasteiger partial charge in [0.1, 0.15) is 11.6 Å². The quantitative estimate of drug-likeness (QED) is 0.733. The molecule has 9 heteroatoms. The topological polar surface area (TPSA) is 66.9 Å². The first-order chi connectivity index (χ1) is 13.8. The molecule has 2 aromatic carbocycles. The summed E-state index contributed by atoms with van der Waals surface area (Å²) in [6.07, 6.45) is 0. The van der Waals surface area contributed by atoms with Crippen LogP contribution in [0.5, 0.6) is 5.75 Å². The number of fused-ring (bicyclic) bond motifs is 1. The lowest BCUT2D eigenvalue weighted by atomic mass is 10.0. The highest BCUT2D eigenvalue weighted by molar-refractivity contribution is 7.91. The number of nitrogens with zero attached hydrogens (tertiary/aromatic N) is 2. The highest BCUT2D eigenvalue weighted by Gasteiger charge is 2.49. The van der Waals surface area contributed by atoms with Gasteiger partial charge in [-0.25, -0.2) is 12.8 Å². The monoisotopic (exact) mass is 438 g/mol. The van der Waals surface area contributed by atoms with Gasteiger partial charge in [-0.05, 0) is 24.3 Å². The Hall–Kier alpha value is -2.16. The van der Waals surface area contributed by atoms with Crippen LogP contribution in [0.1, 0.15) is 5.56 Å². The van der Waals surface area contributed by atoms with Gasteiger partial charge in [0.2, 0.25) is 5.91 Å². The first-order valence-corrected chi connectivity index (χ1v) is 11.3. The standard InChI is InChI=1S/C20H20ClFN2O4S/c1-28-19-7-6-14(8-15(19)21)24-18-12-29(26,27)11-17(18)23(10-20(24)25)9-13-4-2-3-5-16(13)22/h2-8,17-18H,9-12H2,1H3. The Morgan fingerprint density at radius 2 is 1.90 bits per heavy atom. The number of rotatable bonds is 4. The Labute approximate surface area is 173 Å². The van der Waals surface area contributed by atoms with Crippen molar-refractivity contribution >= 4 is 33.0 Å². The summed E-state index contributed by atoms with van der Waals surface area (Å²) in [6, 6.07) is 10.3. The molecule has 2 saturated heterocycles. The van der Waals surface area contributed by atoms with Crippen LogP contribution in [0.3, 0.4) is 0 Å². The number of ether oxygens (including phenoxy) is 1. The fraction of sp³-hybridized carbons (Fsp3) is 0.350. The number of hydrogen-bond acceptors (Lipinski definition) is 5. The van der Waals surface area contributed by atoms with Crippen molar-refractivity contribution in [3.63, 3.8) is 0 Å². The maximum Gasteiger partial charge on any atom is 0.241 e. The molecular formula is C20H20ClFN2O4S. The molecule has 1 amide bonds. The van der Waals surface area contributed by atoms with E-state index in [2.05, 4.69) is 0 Å². The van der Waals surface area contributed by atoms with Crippen LogP contribution in [0, 0.1) is 5.82 Å². The maximum absolute atomic E-state index is 14.1. The lowest BCUT2D eigenvalue weighted by molar-refractivity contribution is -0.123. The summed E-state index contributed by atoms with van der Waals surface area (Å²) in [5.74, 6) is -0.361. The average Bonchev–Trinajstić information content (AvgIpc) is 2.98. The molecule has 29 heavy (non-hydrogen) atoms. The molecule has 2 aliphatic rings. The summed E-state index contributed by atoms with van der Waals surface area (Å²) in [5, 5.41) is 0.337. The number of amides is 1. The molecule has 2 heterocycles. The van der Waals surface area contributed by atoms with Gasteiger partial charge in [-0.3, -0.25) is 9.69 Å². The smallest absolute Gasteiger partial charge is 0.241 e. The molecule has 0 radical (unpaired) electrons. The van der Waals surface area contributed by atoms with E-state index >= 15 is 0 Å². The maximum atomic E-state index is 14.1. The second kappa shape index (κ2) is 7.59. The van der Waals surface area contributed by atoms with Gasteiger partial charge in [0.25, 0.3) is 0 Å². The van der Waals surface area contributed by atoms with Gasteiger partial charge in [-0.2, -0.15) is 0 Å². The lowest BCUT2D eigenvalue weighted by Gasteiger charge is -2.43. The van der Waals surface area contributed by atoms with E-state index in [0.29, 0.717) is 22.0 Å². The third-order valence-electron chi connectivity index (χ3n) is 5.45. The van der Waals surface area contributed by atoms with Crippen molar-refractivity contribution in [2.45, 2.75) is 18.6 Å². The third-order valence-corrected chi connectivity index (χ3v) is 7.44. The van der Waals surface area contributed by atoms with Crippen LogP contribution in [0.4, 0.5) is 10.1 Å². The molecule has 0 aromatic heterocycles. The molecule has 6 nitrogen and oxygen atoms in total. The zero-order chi connectivity index (χ0) is 20.8. The van der Waals surface area contributed by atoms with Crippen molar-refractivity contribution in [2.24, 2.45) is 0 Å². The molecule has 2 aliphatic heterocycles. The molecule has 0 bridgehead atoms. The largest absolute Gasteiger partial charge is 0.495 e. The molecule has 0 spiro atoms. The number of piperazine rings is 1. The molecule has 2 fully saturated rings. The van der Waals surface area contributed by atoms with E-state index in [4.69, 9.17) is 16.3 Å². The number of anilines is 1. The van der Waals surface area contributed by atoms with Gasteiger partial charge >= 0.3 is 0 Å². The number of carbonyl (C=O) groups is 1. The molecule has 0 saturated carbocycles. The summed E-state index contributed by atoms with van der Waals surface area (Å²) in [6.45, 7) is 0.168. The van der Waals surface area contributed by atoms with E-state index in [1.165, 1.54) is 18.1 Å². The number of sulfone groups is 1. The second-order valence-corrected chi connectivity index (χ2v) is 9.85. The van der Waals surface area contributed by atoms with Crippen LogP contribution in [0.15, 0.2) is 42.5 Å². The van der Waals surface area contributed by atoms with Crippen molar-refractivity contribution in [3.05, 3.63) is 58.9 Å². The Balaban J connectivity index is 1.68. The van der Waals surface area contributed by atoms with Crippen molar-refractivity contribution in [1.29, 1.82) is 0 Å². The molecule has 0 aliphatic carbocycles. The zero-order valence-corrected chi connectivity index (χ0v) is 17.3. The Kier molecular flexibility index (Phi) is 5.27.